The van der Waals surface area contributed by atoms with Gasteiger partial charge in [0.15, 0.2) is 0 Å². The number of aromatic nitrogens is 2. The number of hydrogen-bond donors (Lipinski definition) is 1. The second kappa shape index (κ2) is 9.58. The maximum absolute atomic E-state index is 13.6. The van der Waals surface area contributed by atoms with Crippen LogP contribution in [0.15, 0.2) is 67.0 Å². The highest BCUT2D eigenvalue weighted by molar-refractivity contribution is 6.31. The van der Waals surface area contributed by atoms with E-state index < -0.39 is 17.6 Å². The molecule has 4 aromatic rings. The average molecular weight is 537 g/mol. The van der Waals surface area contributed by atoms with Gasteiger partial charge >= 0.3 is 6.18 Å². The van der Waals surface area contributed by atoms with Crippen molar-refractivity contribution in [3.05, 3.63) is 88.7 Å². The standard InChI is InChI=1S/C29H24ClF3N4O/c30-25-11-5-17(18-6-12-26-23(14-18)27(35-16-34-26)36-20-7-8-20)13-19(25)15-37(21-9-10-21)28(38)22-3-1-2-4-24(22)29(31,32)33/h1-6,11-14,16,20-21H,7-10,15H2,(H,34,35,36). The van der Waals surface area contributed by atoms with Crippen molar-refractivity contribution in [1.82, 2.24) is 14.9 Å². The molecule has 2 fully saturated rings. The number of halogens is 4. The third-order valence-corrected chi connectivity index (χ3v) is 7.35. The number of fused-ring (bicyclic) bond motifs is 1. The molecule has 5 nitrogen and oxygen atoms in total. The van der Waals surface area contributed by atoms with Crippen LogP contribution in [0.5, 0.6) is 0 Å². The second-order valence-electron chi connectivity index (χ2n) is 9.89. The molecular formula is C29H24ClF3N4O. The Bertz CT molecular complexity index is 1530. The van der Waals surface area contributed by atoms with Crippen molar-refractivity contribution >= 4 is 34.2 Å². The van der Waals surface area contributed by atoms with Crippen molar-refractivity contribution in [2.24, 2.45) is 0 Å². The molecule has 0 unspecified atom stereocenters. The first kappa shape index (κ1) is 24.7. The van der Waals surface area contributed by atoms with Crippen molar-refractivity contribution in [3.8, 4) is 11.1 Å². The van der Waals surface area contributed by atoms with Gasteiger partial charge in [-0.15, -0.1) is 0 Å². The van der Waals surface area contributed by atoms with Crippen LogP contribution < -0.4 is 5.32 Å². The average Bonchev–Trinajstić information content (AvgIpc) is 3.83. The number of carbonyl (C=O) groups is 1. The highest BCUT2D eigenvalue weighted by Crippen LogP contribution is 2.37. The van der Waals surface area contributed by atoms with Gasteiger partial charge in [-0.2, -0.15) is 13.2 Å². The Morgan fingerprint density at radius 2 is 1.71 bits per heavy atom. The number of nitrogens with zero attached hydrogens (tertiary/aromatic N) is 3. The van der Waals surface area contributed by atoms with Gasteiger partial charge in [-0.3, -0.25) is 4.79 Å². The summed E-state index contributed by atoms with van der Waals surface area (Å²) in [5.41, 5.74) is 2.04. The minimum absolute atomic E-state index is 0.114. The summed E-state index contributed by atoms with van der Waals surface area (Å²) >= 11 is 6.54. The smallest absolute Gasteiger partial charge is 0.367 e. The van der Waals surface area contributed by atoms with Gasteiger partial charge in [-0.05, 0) is 78.8 Å². The highest BCUT2D eigenvalue weighted by Gasteiger charge is 2.39. The van der Waals surface area contributed by atoms with E-state index in [1.165, 1.54) is 23.1 Å². The summed E-state index contributed by atoms with van der Waals surface area (Å²) in [5, 5.41) is 4.81. The van der Waals surface area contributed by atoms with Gasteiger partial charge < -0.3 is 10.2 Å². The Morgan fingerprint density at radius 3 is 2.45 bits per heavy atom. The summed E-state index contributed by atoms with van der Waals surface area (Å²) < 4.78 is 40.9. The number of alkyl halides is 3. The Kier molecular flexibility index (Phi) is 6.22. The molecule has 1 amide bonds. The maximum atomic E-state index is 13.6. The van der Waals surface area contributed by atoms with E-state index in [-0.39, 0.29) is 18.2 Å². The highest BCUT2D eigenvalue weighted by atomic mass is 35.5. The van der Waals surface area contributed by atoms with E-state index >= 15 is 0 Å². The van der Waals surface area contributed by atoms with E-state index in [1.54, 1.807) is 12.4 Å². The monoisotopic (exact) mass is 536 g/mol. The first-order valence-corrected chi connectivity index (χ1v) is 12.9. The SMILES string of the molecule is O=C(c1ccccc1C(F)(F)F)N(Cc1cc(-c2ccc3ncnc(NC4CC4)c3c2)ccc1Cl)C1CC1. The molecule has 194 valence electrons. The largest absolute Gasteiger partial charge is 0.417 e. The van der Waals surface area contributed by atoms with Gasteiger partial charge in [0, 0.05) is 29.0 Å². The summed E-state index contributed by atoms with van der Waals surface area (Å²) in [6.45, 7) is 0.119. The van der Waals surface area contributed by atoms with Gasteiger partial charge in [0.1, 0.15) is 12.1 Å². The first-order valence-electron chi connectivity index (χ1n) is 12.6. The fraction of sp³-hybridized carbons (Fsp3) is 0.276. The third-order valence-electron chi connectivity index (χ3n) is 6.98. The van der Waals surface area contributed by atoms with Crippen molar-refractivity contribution in [3.63, 3.8) is 0 Å². The molecule has 38 heavy (non-hydrogen) atoms. The summed E-state index contributed by atoms with van der Waals surface area (Å²) in [5.74, 6) is 0.155. The quantitative estimate of drug-likeness (QED) is 0.268. The lowest BCUT2D eigenvalue weighted by Gasteiger charge is -2.25. The van der Waals surface area contributed by atoms with E-state index in [9.17, 15) is 18.0 Å². The number of amides is 1. The fourth-order valence-corrected chi connectivity index (χ4v) is 4.83. The van der Waals surface area contributed by atoms with Crippen LogP contribution in [0.2, 0.25) is 5.02 Å². The number of carbonyl (C=O) groups excluding carboxylic acids is 1. The number of rotatable bonds is 7. The van der Waals surface area contributed by atoms with Gasteiger partial charge in [-0.1, -0.05) is 35.9 Å². The van der Waals surface area contributed by atoms with Crippen LogP contribution in [0.25, 0.3) is 22.0 Å². The van der Waals surface area contributed by atoms with E-state index in [2.05, 4.69) is 15.3 Å². The van der Waals surface area contributed by atoms with Crippen LogP contribution in [-0.2, 0) is 12.7 Å². The number of benzene rings is 3. The lowest BCUT2D eigenvalue weighted by Crippen LogP contribution is -2.34. The zero-order valence-electron chi connectivity index (χ0n) is 20.3. The zero-order chi connectivity index (χ0) is 26.4. The Balaban J connectivity index is 1.33. The molecular weight excluding hydrogens is 513 g/mol. The van der Waals surface area contributed by atoms with Crippen LogP contribution in [-0.4, -0.2) is 32.9 Å². The molecule has 6 rings (SSSR count). The van der Waals surface area contributed by atoms with Crippen LogP contribution in [0.3, 0.4) is 0 Å². The molecule has 0 spiro atoms. The van der Waals surface area contributed by atoms with E-state index in [4.69, 9.17) is 11.6 Å². The fourth-order valence-electron chi connectivity index (χ4n) is 4.66. The van der Waals surface area contributed by atoms with Crippen LogP contribution in [0.1, 0.15) is 47.2 Å². The van der Waals surface area contributed by atoms with E-state index in [1.807, 2.05) is 30.3 Å². The van der Waals surface area contributed by atoms with E-state index in [0.717, 1.165) is 59.6 Å². The molecule has 0 radical (unpaired) electrons. The molecule has 0 atom stereocenters. The molecule has 1 aromatic heterocycles. The number of anilines is 1. The Morgan fingerprint density at radius 1 is 0.974 bits per heavy atom. The molecule has 9 heteroatoms. The van der Waals surface area contributed by atoms with Crippen molar-refractivity contribution in [1.29, 1.82) is 0 Å². The zero-order valence-corrected chi connectivity index (χ0v) is 21.1. The second-order valence-corrected chi connectivity index (χ2v) is 10.3. The molecule has 1 N–H and O–H groups in total. The van der Waals surface area contributed by atoms with Gasteiger partial charge in [0.25, 0.3) is 5.91 Å². The minimum atomic E-state index is -4.62. The molecule has 1 heterocycles. The molecule has 0 saturated heterocycles. The molecule has 0 aliphatic heterocycles. The lowest BCUT2D eigenvalue weighted by atomic mass is 10.0. The van der Waals surface area contributed by atoms with Gasteiger partial charge in [0.05, 0.1) is 16.6 Å². The summed E-state index contributed by atoms with van der Waals surface area (Å²) in [6, 6.07) is 16.7. The maximum Gasteiger partial charge on any atom is 0.417 e. The summed E-state index contributed by atoms with van der Waals surface area (Å²) in [6.07, 6.45) is 0.668. The van der Waals surface area contributed by atoms with Crippen LogP contribution in [0, 0.1) is 0 Å². The van der Waals surface area contributed by atoms with Crippen molar-refractivity contribution in [2.75, 3.05) is 5.32 Å². The summed E-state index contributed by atoms with van der Waals surface area (Å²) in [4.78, 5) is 23.7. The minimum Gasteiger partial charge on any atom is -0.367 e. The van der Waals surface area contributed by atoms with Crippen molar-refractivity contribution in [2.45, 2.75) is 50.5 Å². The molecule has 3 aromatic carbocycles. The van der Waals surface area contributed by atoms with Crippen LogP contribution >= 0.6 is 11.6 Å². The Hall–Kier alpha value is -3.65. The molecule has 2 saturated carbocycles. The lowest BCUT2D eigenvalue weighted by molar-refractivity contribution is -0.138. The van der Waals surface area contributed by atoms with E-state index in [0.29, 0.717) is 16.6 Å². The van der Waals surface area contributed by atoms with Gasteiger partial charge in [-0.25, -0.2) is 9.97 Å². The van der Waals surface area contributed by atoms with Crippen molar-refractivity contribution < 1.29 is 18.0 Å². The number of hydrogen-bond acceptors (Lipinski definition) is 4. The van der Waals surface area contributed by atoms with Gasteiger partial charge in [0.2, 0.25) is 0 Å². The predicted molar refractivity (Wildman–Crippen MR) is 141 cm³/mol. The summed E-state index contributed by atoms with van der Waals surface area (Å²) in [7, 11) is 0. The third kappa shape index (κ3) is 5.05. The predicted octanol–water partition coefficient (Wildman–Crippen LogP) is 7.35. The normalized spacial score (nSPS) is 15.5. The van der Waals surface area contributed by atoms with Crippen LogP contribution in [0.4, 0.5) is 19.0 Å². The molecule has 0 bridgehead atoms. The topological polar surface area (TPSA) is 58.1 Å². The Labute approximate surface area is 222 Å². The number of nitrogens with one attached hydrogen (secondary N) is 1. The molecule has 2 aliphatic carbocycles. The molecule has 2 aliphatic rings. The first-order chi connectivity index (χ1) is 18.3.